The first-order valence-electron chi connectivity index (χ1n) is 25.4. The maximum Gasteiger partial charge on any atom is 0.165 e. The van der Waals surface area contributed by atoms with E-state index < -0.39 is 48.3 Å². The third-order valence-electron chi connectivity index (χ3n) is 11.7. The first kappa shape index (κ1) is 26.9. The van der Waals surface area contributed by atoms with Gasteiger partial charge >= 0.3 is 0 Å². The van der Waals surface area contributed by atoms with Crippen LogP contribution in [0.2, 0.25) is 0 Å². The van der Waals surface area contributed by atoms with E-state index in [1.54, 1.807) is 6.07 Å². The molecule has 63 heavy (non-hydrogen) atoms. The topological polar surface area (TPSA) is 48.5 Å². The van der Waals surface area contributed by atoms with E-state index in [0.29, 0.717) is 26.1 Å². The Labute approximate surface area is 380 Å². The van der Waals surface area contributed by atoms with Crippen molar-refractivity contribution in [3.63, 3.8) is 0 Å². The molecule has 0 saturated heterocycles. The Bertz CT molecular complexity index is 4460. The number of rotatable bonds is 6. The van der Waals surface area contributed by atoms with E-state index in [1.165, 1.54) is 11.3 Å². The highest BCUT2D eigenvalue weighted by Crippen LogP contribution is 2.47. The fourth-order valence-electron chi connectivity index (χ4n) is 9.08. The van der Waals surface area contributed by atoms with Crippen molar-refractivity contribution in [1.29, 1.82) is 0 Å². The van der Waals surface area contributed by atoms with Gasteiger partial charge in [-0.2, -0.15) is 0 Å². The predicted molar refractivity (Wildman–Crippen MR) is 263 cm³/mol. The monoisotopic (exact) mass is 831 g/mol. The molecule has 0 aliphatic heterocycles. The van der Waals surface area contributed by atoms with Crippen molar-refractivity contribution in [3.05, 3.63) is 212 Å². The summed E-state index contributed by atoms with van der Waals surface area (Å²) in [5, 5.41) is 5.64. The fraction of sp³-hybridized carbons (Fsp3) is 0. The third-order valence-corrected chi connectivity index (χ3v) is 13.0. The second-order valence-corrected chi connectivity index (χ2v) is 16.2. The number of benzene rings is 9. The van der Waals surface area contributed by atoms with Crippen LogP contribution >= 0.6 is 11.3 Å². The molecule has 294 valence electrons. The molecule has 5 nitrogen and oxygen atoms in total. The number of hydrogen-bond acceptors (Lipinski definition) is 4. The molecule has 0 radical (unpaired) electrons. The van der Waals surface area contributed by atoms with Gasteiger partial charge < -0.3 is 9.13 Å². The Morgan fingerprint density at radius 2 is 0.984 bits per heavy atom. The zero-order chi connectivity index (χ0) is 50.1. The second kappa shape index (κ2) is 14.2. The minimum Gasteiger partial charge on any atom is -0.309 e. The SMILES string of the molecule is [2H]c1c([2H])c([2H])c(-c2nc(-c3ccccc3)nc(-c3cc(-n4c5ccccc5c5ccc6c(c7ccccc7n6-c6ccccc6)c54)cc4c3sc3c(-c5c([2H])c([2H])c([2H])c([2H])c5[2H])cccc34)n2)c([2H])c1[2H]. The number of para-hydroxylation sites is 3. The van der Waals surface area contributed by atoms with Crippen LogP contribution in [0.5, 0.6) is 0 Å². The van der Waals surface area contributed by atoms with E-state index in [1.807, 2.05) is 84.9 Å². The van der Waals surface area contributed by atoms with Crippen molar-refractivity contribution < 1.29 is 13.7 Å². The van der Waals surface area contributed by atoms with E-state index in [0.717, 1.165) is 65.8 Å². The van der Waals surface area contributed by atoms with E-state index in [4.69, 9.17) is 28.7 Å². The fourth-order valence-corrected chi connectivity index (χ4v) is 10.4. The van der Waals surface area contributed by atoms with Crippen molar-refractivity contribution in [1.82, 2.24) is 24.1 Å². The molecule has 0 N–H and O–H groups in total. The zero-order valence-electron chi connectivity index (χ0n) is 43.1. The number of thiophene rings is 1. The lowest BCUT2D eigenvalue weighted by Crippen LogP contribution is -2.01. The molecule has 4 aromatic heterocycles. The van der Waals surface area contributed by atoms with Crippen LogP contribution in [-0.2, 0) is 0 Å². The van der Waals surface area contributed by atoms with E-state index in [2.05, 4.69) is 69.8 Å². The normalized spacial score (nSPS) is 14.0. The van der Waals surface area contributed by atoms with Gasteiger partial charge in [0.05, 0.1) is 35.8 Å². The van der Waals surface area contributed by atoms with Crippen LogP contribution in [0.15, 0.2) is 212 Å². The highest BCUT2D eigenvalue weighted by Gasteiger charge is 2.24. The average Bonchev–Trinajstić information content (AvgIpc) is 4.10. The number of hydrogen-bond donors (Lipinski definition) is 0. The van der Waals surface area contributed by atoms with Crippen LogP contribution in [-0.4, -0.2) is 24.1 Å². The van der Waals surface area contributed by atoms with Crippen LogP contribution in [0, 0.1) is 0 Å². The van der Waals surface area contributed by atoms with Gasteiger partial charge in [0.15, 0.2) is 17.5 Å². The van der Waals surface area contributed by atoms with E-state index in [9.17, 15) is 0 Å². The molecule has 0 spiro atoms. The van der Waals surface area contributed by atoms with E-state index in [-0.39, 0.29) is 40.7 Å². The lowest BCUT2D eigenvalue weighted by atomic mass is 10.0. The third kappa shape index (κ3) is 5.59. The highest BCUT2D eigenvalue weighted by molar-refractivity contribution is 7.26. The summed E-state index contributed by atoms with van der Waals surface area (Å²) in [6.07, 6.45) is 0. The van der Waals surface area contributed by atoms with Crippen LogP contribution in [0.3, 0.4) is 0 Å². The first-order chi connectivity index (χ1) is 35.4. The molecule has 0 aliphatic rings. The van der Waals surface area contributed by atoms with Crippen LogP contribution in [0.1, 0.15) is 13.7 Å². The van der Waals surface area contributed by atoms with Crippen LogP contribution in [0.25, 0.3) is 120 Å². The Hall–Kier alpha value is -8.19. The van der Waals surface area contributed by atoms with Gasteiger partial charge in [-0.05, 0) is 53.6 Å². The van der Waals surface area contributed by atoms with Gasteiger partial charge in [-0.1, -0.05) is 170 Å². The molecule has 4 heterocycles. The summed E-state index contributed by atoms with van der Waals surface area (Å²) in [5.74, 6) is 0.247. The molecule has 0 aliphatic carbocycles. The lowest BCUT2D eigenvalue weighted by Gasteiger charge is -2.14. The van der Waals surface area contributed by atoms with Crippen molar-refractivity contribution in [2.75, 3.05) is 0 Å². The Morgan fingerprint density at radius 3 is 1.75 bits per heavy atom. The van der Waals surface area contributed by atoms with Crippen molar-refractivity contribution >= 4 is 75.1 Å². The molecule has 6 heteroatoms. The lowest BCUT2D eigenvalue weighted by molar-refractivity contribution is 1.07. The van der Waals surface area contributed by atoms with Crippen molar-refractivity contribution in [3.8, 4) is 56.7 Å². The quantitative estimate of drug-likeness (QED) is 0.168. The molecule has 0 saturated carbocycles. The Balaban J connectivity index is 1.20. The molecule has 13 aromatic rings. The zero-order valence-corrected chi connectivity index (χ0v) is 33.9. The summed E-state index contributed by atoms with van der Waals surface area (Å²) in [5.41, 5.74) is 7.13. The summed E-state index contributed by atoms with van der Waals surface area (Å²) in [7, 11) is 0. The van der Waals surface area contributed by atoms with Crippen molar-refractivity contribution in [2.24, 2.45) is 0 Å². The van der Waals surface area contributed by atoms with Gasteiger partial charge in [0.1, 0.15) is 0 Å². The molecular weight excluding hydrogens is 787 g/mol. The average molecular weight is 832 g/mol. The minimum atomic E-state index is -0.543. The Kier molecular flexibility index (Phi) is 6.06. The number of aromatic nitrogens is 5. The molecule has 9 aromatic carbocycles. The standard InChI is InChI=1S/C57H35N5S/c1-5-18-36(19-6-1)41-28-17-29-44-46-34-40(35-47(54(46)63-53(41)44)57-59-55(37-20-7-2-8-21-37)58-56(60-57)38-22-9-3-10-23-38)62-48-30-15-13-26-42(48)43-32-33-50-51(52(43)62)45-27-14-16-31-49(45)61(50)39-24-11-4-12-25-39/h1-35H/i1D,2D,5D,6D,7D,8D,18D,19D,20D,21D. The summed E-state index contributed by atoms with van der Waals surface area (Å²) in [6, 6.07) is 45.6. The summed E-state index contributed by atoms with van der Waals surface area (Å²) in [6.45, 7) is 0. The van der Waals surface area contributed by atoms with Gasteiger partial charge in [0, 0.05) is 69.8 Å². The maximum atomic E-state index is 9.04. The van der Waals surface area contributed by atoms with Gasteiger partial charge in [-0.3, -0.25) is 0 Å². The van der Waals surface area contributed by atoms with Crippen LogP contribution < -0.4 is 0 Å². The summed E-state index contributed by atoms with van der Waals surface area (Å²) < 4.78 is 93.2. The predicted octanol–water partition coefficient (Wildman–Crippen LogP) is 15.1. The number of fused-ring (bicyclic) bond motifs is 10. The highest BCUT2D eigenvalue weighted by atomic mass is 32.1. The molecule has 0 amide bonds. The van der Waals surface area contributed by atoms with Gasteiger partial charge in [-0.15, -0.1) is 11.3 Å². The smallest absolute Gasteiger partial charge is 0.165 e. The molecule has 0 unspecified atom stereocenters. The molecular formula is C57H35N5S. The maximum absolute atomic E-state index is 9.04. The molecule has 0 bridgehead atoms. The molecule has 13 rings (SSSR count). The van der Waals surface area contributed by atoms with Gasteiger partial charge in [-0.25, -0.2) is 15.0 Å². The van der Waals surface area contributed by atoms with Gasteiger partial charge in [0.25, 0.3) is 0 Å². The Morgan fingerprint density at radius 1 is 0.381 bits per heavy atom. The van der Waals surface area contributed by atoms with E-state index >= 15 is 0 Å². The second-order valence-electron chi connectivity index (χ2n) is 15.2. The molecule has 0 atom stereocenters. The summed E-state index contributed by atoms with van der Waals surface area (Å²) in [4.78, 5) is 15.0. The largest absolute Gasteiger partial charge is 0.309 e. The first-order valence-corrected chi connectivity index (χ1v) is 21.2. The number of nitrogens with zero attached hydrogens (tertiary/aromatic N) is 5. The van der Waals surface area contributed by atoms with Gasteiger partial charge in [0.2, 0.25) is 0 Å². The minimum absolute atomic E-state index is 0.0690. The van der Waals surface area contributed by atoms with Crippen molar-refractivity contribution in [2.45, 2.75) is 0 Å². The van der Waals surface area contributed by atoms with Crippen LogP contribution in [0.4, 0.5) is 0 Å². The summed E-state index contributed by atoms with van der Waals surface area (Å²) >= 11 is 1.37. The molecule has 0 fully saturated rings.